The number of carbonyl (C=O) groups excluding carboxylic acids is 1. The molecule has 1 N–H and O–H groups in total. The predicted octanol–water partition coefficient (Wildman–Crippen LogP) is -0.0692. The van der Waals surface area contributed by atoms with Gasteiger partial charge in [-0.3, -0.25) is 0 Å². The molecule has 0 aliphatic carbocycles. The average Bonchev–Trinajstić information content (AvgIpc) is 2.35. The van der Waals surface area contributed by atoms with E-state index in [1.54, 1.807) is 0 Å². The van der Waals surface area contributed by atoms with Gasteiger partial charge in [0, 0.05) is 31.4 Å². The van der Waals surface area contributed by atoms with E-state index >= 15 is 0 Å². The highest BCUT2D eigenvalue weighted by Crippen LogP contribution is 2.21. The van der Waals surface area contributed by atoms with Crippen molar-refractivity contribution >= 4 is 33.6 Å². The lowest BCUT2D eigenvalue weighted by atomic mass is 10.3. The Morgan fingerprint density at radius 3 is 2.53 bits per heavy atom. The van der Waals surface area contributed by atoms with Crippen LogP contribution in [0.15, 0.2) is 0 Å². The number of thioether (sulfide) groups is 1. The summed E-state index contributed by atoms with van der Waals surface area (Å²) in [7, 11) is -2.03. The molecule has 1 aliphatic heterocycles. The quantitative estimate of drug-likeness (QED) is 0.784. The summed E-state index contributed by atoms with van der Waals surface area (Å²) in [4.78, 5) is 25.4. The van der Waals surface area contributed by atoms with Crippen molar-refractivity contribution in [3.8, 4) is 0 Å². The number of likely N-dealkylation sites (N-methyl/N-ethyl adjacent to an activating group) is 1. The van der Waals surface area contributed by atoms with Crippen LogP contribution in [0.5, 0.6) is 0 Å². The highest BCUT2D eigenvalue weighted by atomic mass is 32.2. The third-order valence-electron chi connectivity index (χ3n) is 3.06. The SMILES string of the molecule is CC(C(=O)O)N(C)C(=O)N1CCSCC1S(C)(=O)=O. The van der Waals surface area contributed by atoms with Gasteiger partial charge in [-0.2, -0.15) is 11.8 Å². The third-order valence-corrected chi connectivity index (χ3v) is 5.71. The van der Waals surface area contributed by atoms with E-state index in [9.17, 15) is 18.0 Å². The number of sulfone groups is 1. The maximum absolute atomic E-state index is 12.2. The van der Waals surface area contributed by atoms with Crippen LogP contribution >= 0.6 is 11.8 Å². The third kappa shape index (κ3) is 3.75. The number of hydrogen-bond donors (Lipinski definition) is 1. The first-order valence-electron chi connectivity index (χ1n) is 5.69. The van der Waals surface area contributed by atoms with Crippen LogP contribution in [0.4, 0.5) is 4.79 Å². The highest BCUT2D eigenvalue weighted by molar-refractivity contribution is 8.00. The topological polar surface area (TPSA) is 95.0 Å². The molecule has 0 bridgehead atoms. The van der Waals surface area contributed by atoms with Gasteiger partial charge in [0.2, 0.25) is 0 Å². The van der Waals surface area contributed by atoms with E-state index in [4.69, 9.17) is 5.11 Å². The molecule has 9 heteroatoms. The highest BCUT2D eigenvalue weighted by Gasteiger charge is 2.37. The van der Waals surface area contributed by atoms with Gasteiger partial charge in [0.1, 0.15) is 11.4 Å². The van der Waals surface area contributed by atoms with Crippen LogP contribution in [0.2, 0.25) is 0 Å². The van der Waals surface area contributed by atoms with E-state index in [1.807, 2.05) is 0 Å². The standard InChI is InChI=1S/C10H18N2O5S2/c1-7(9(13)14)11(2)10(15)12-4-5-18-6-8(12)19(3,16)17/h7-8H,4-6H2,1-3H3,(H,13,14). The molecular formula is C10H18N2O5S2. The fourth-order valence-corrected chi connectivity index (χ4v) is 4.50. The smallest absolute Gasteiger partial charge is 0.326 e. The summed E-state index contributed by atoms with van der Waals surface area (Å²) in [6, 6.07) is -1.56. The van der Waals surface area contributed by atoms with Crippen LogP contribution in [0.3, 0.4) is 0 Å². The van der Waals surface area contributed by atoms with E-state index in [-0.39, 0.29) is 0 Å². The van der Waals surface area contributed by atoms with Gasteiger partial charge in [0.25, 0.3) is 0 Å². The summed E-state index contributed by atoms with van der Waals surface area (Å²) in [6.45, 7) is 1.69. The monoisotopic (exact) mass is 310 g/mol. The van der Waals surface area contributed by atoms with Crippen LogP contribution in [-0.2, 0) is 14.6 Å². The largest absolute Gasteiger partial charge is 0.480 e. The number of nitrogens with zero attached hydrogens (tertiary/aromatic N) is 2. The lowest BCUT2D eigenvalue weighted by Gasteiger charge is -2.37. The maximum Gasteiger partial charge on any atom is 0.326 e. The average molecular weight is 310 g/mol. The maximum atomic E-state index is 12.2. The van der Waals surface area contributed by atoms with Crippen molar-refractivity contribution in [2.24, 2.45) is 0 Å². The molecular weight excluding hydrogens is 292 g/mol. The Kier molecular flexibility index (Phi) is 5.08. The zero-order valence-electron chi connectivity index (χ0n) is 11.1. The Bertz CT molecular complexity index is 465. The Hall–Kier alpha value is -0.960. The Morgan fingerprint density at radius 2 is 2.05 bits per heavy atom. The van der Waals surface area contributed by atoms with Crippen molar-refractivity contribution in [1.82, 2.24) is 9.80 Å². The summed E-state index contributed by atoms with van der Waals surface area (Å²) in [5.41, 5.74) is 0. The van der Waals surface area contributed by atoms with Crippen molar-refractivity contribution in [2.75, 3.05) is 31.4 Å². The van der Waals surface area contributed by atoms with Crippen molar-refractivity contribution in [3.63, 3.8) is 0 Å². The first-order chi connectivity index (χ1) is 8.66. The van der Waals surface area contributed by atoms with Gasteiger partial charge < -0.3 is 14.9 Å². The Balaban J connectivity index is 2.92. The van der Waals surface area contributed by atoms with Gasteiger partial charge >= 0.3 is 12.0 Å². The number of aliphatic carboxylic acids is 1. The number of amides is 2. The second kappa shape index (κ2) is 6.00. The minimum Gasteiger partial charge on any atom is -0.480 e. The van der Waals surface area contributed by atoms with Crippen LogP contribution in [0.25, 0.3) is 0 Å². The molecule has 1 fully saturated rings. The molecule has 0 aromatic carbocycles. The fourth-order valence-electron chi connectivity index (χ4n) is 1.69. The molecule has 0 aromatic heterocycles. The minimum atomic E-state index is -3.39. The van der Waals surface area contributed by atoms with E-state index in [0.29, 0.717) is 18.1 Å². The zero-order valence-corrected chi connectivity index (χ0v) is 12.7. The second-order valence-corrected chi connectivity index (χ2v) is 7.81. The molecule has 1 saturated heterocycles. The fraction of sp³-hybridized carbons (Fsp3) is 0.800. The molecule has 1 aliphatic rings. The van der Waals surface area contributed by atoms with Crippen LogP contribution < -0.4 is 0 Å². The number of carboxylic acid groups (broad SMARTS) is 1. The predicted molar refractivity (Wildman–Crippen MR) is 72.9 cm³/mol. The zero-order chi connectivity index (χ0) is 14.8. The van der Waals surface area contributed by atoms with E-state index in [0.717, 1.165) is 11.2 Å². The van der Waals surface area contributed by atoms with Crippen LogP contribution in [0.1, 0.15) is 6.92 Å². The summed E-state index contributed by atoms with van der Waals surface area (Å²) in [5.74, 6) is -0.162. The summed E-state index contributed by atoms with van der Waals surface area (Å²) in [5, 5.41) is 8.00. The lowest BCUT2D eigenvalue weighted by Crippen LogP contribution is -2.56. The lowest BCUT2D eigenvalue weighted by molar-refractivity contribution is -0.141. The van der Waals surface area contributed by atoms with Crippen molar-refractivity contribution < 1.29 is 23.1 Å². The molecule has 2 atom stereocenters. The molecule has 0 spiro atoms. The van der Waals surface area contributed by atoms with Gasteiger partial charge in [0.15, 0.2) is 9.84 Å². The molecule has 0 saturated carbocycles. The second-order valence-electron chi connectivity index (χ2n) is 4.46. The van der Waals surface area contributed by atoms with Crippen LogP contribution in [-0.4, -0.2) is 78.1 Å². The molecule has 7 nitrogen and oxygen atoms in total. The van der Waals surface area contributed by atoms with Crippen molar-refractivity contribution in [1.29, 1.82) is 0 Å². The van der Waals surface area contributed by atoms with Gasteiger partial charge in [0.05, 0.1) is 0 Å². The van der Waals surface area contributed by atoms with Crippen molar-refractivity contribution in [3.05, 3.63) is 0 Å². The number of hydrogen-bond acceptors (Lipinski definition) is 5. The number of carboxylic acids is 1. The summed E-state index contributed by atoms with van der Waals surface area (Å²) in [6.07, 6.45) is 1.09. The molecule has 1 heterocycles. The minimum absolute atomic E-state index is 0.303. The summed E-state index contributed by atoms with van der Waals surface area (Å²) >= 11 is 1.47. The molecule has 110 valence electrons. The number of rotatable bonds is 3. The van der Waals surface area contributed by atoms with Gasteiger partial charge in [-0.05, 0) is 6.92 Å². The normalized spacial score (nSPS) is 21.8. The first-order valence-corrected chi connectivity index (χ1v) is 8.80. The summed E-state index contributed by atoms with van der Waals surface area (Å²) < 4.78 is 23.4. The molecule has 2 amide bonds. The molecule has 19 heavy (non-hydrogen) atoms. The number of carbonyl (C=O) groups is 2. The first kappa shape index (κ1) is 16.1. The molecule has 0 aromatic rings. The van der Waals surface area contributed by atoms with Gasteiger partial charge in [-0.1, -0.05) is 0 Å². The Labute approximate surface area is 116 Å². The van der Waals surface area contributed by atoms with Crippen LogP contribution in [0, 0.1) is 0 Å². The van der Waals surface area contributed by atoms with E-state index < -0.39 is 33.3 Å². The number of urea groups is 1. The van der Waals surface area contributed by atoms with Crippen molar-refractivity contribution in [2.45, 2.75) is 18.3 Å². The molecule has 2 unspecified atom stereocenters. The van der Waals surface area contributed by atoms with E-state index in [2.05, 4.69) is 0 Å². The Morgan fingerprint density at radius 1 is 1.47 bits per heavy atom. The van der Waals surface area contributed by atoms with E-state index in [1.165, 1.54) is 30.6 Å². The molecule has 0 radical (unpaired) electrons. The van der Waals surface area contributed by atoms with Gasteiger partial charge in [-0.15, -0.1) is 0 Å². The van der Waals surface area contributed by atoms with Gasteiger partial charge in [-0.25, -0.2) is 18.0 Å². The molecule has 1 rings (SSSR count).